The first-order valence-electron chi connectivity index (χ1n) is 12.0. The topological polar surface area (TPSA) is 97.6 Å². The first kappa shape index (κ1) is 25.4. The number of carbonyl (C=O) groups excluding carboxylic acids is 3. The van der Waals surface area contributed by atoms with Crippen molar-refractivity contribution in [2.45, 2.75) is 24.9 Å². The molecule has 7 heteroatoms. The summed E-state index contributed by atoms with van der Waals surface area (Å²) in [7, 11) is 0. The number of rotatable bonds is 11. The van der Waals surface area contributed by atoms with Gasteiger partial charge in [0, 0.05) is 6.42 Å². The Labute approximate surface area is 215 Å². The predicted molar refractivity (Wildman–Crippen MR) is 139 cm³/mol. The lowest BCUT2D eigenvalue weighted by atomic mass is 9.99. The minimum absolute atomic E-state index is 0.0789. The maximum atomic E-state index is 13.0. The van der Waals surface area contributed by atoms with Crippen LogP contribution in [-0.4, -0.2) is 30.4 Å². The van der Waals surface area contributed by atoms with Crippen LogP contribution in [0.25, 0.3) is 0 Å². The zero-order chi connectivity index (χ0) is 25.9. The van der Waals surface area contributed by atoms with Crippen molar-refractivity contribution in [2.75, 3.05) is 6.61 Å². The summed E-state index contributed by atoms with van der Waals surface area (Å²) in [5, 5.41) is 5.62. The Hall–Kier alpha value is -4.65. The molecule has 0 aliphatic heterocycles. The van der Waals surface area contributed by atoms with E-state index in [4.69, 9.17) is 9.15 Å². The van der Waals surface area contributed by atoms with Crippen LogP contribution in [0.15, 0.2) is 114 Å². The van der Waals surface area contributed by atoms with Gasteiger partial charge in [0.2, 0.25) is 0 Å². The van der Waals surface area contributed by atoms with E-state index in [1.807, 2.05) is 91.0 Å². The van der Waals surface area contributed by atoms with Crippen LogP contribution in [0.2, 0.25) is 0 Å². The van der Waals surface area contributed by atoms with Gasteiger partial charge in [-0.1, -0.05) is 91.0 Å². The summed E-state index contributed by atoms with van der Waals surface area (Å²) in [6.45, 7) is -0.473. The van der Waals surface area contributed by atoms with Gasteiger partial charge in [-0.2, -0.15) is 0 Å². The summed E-state index contributed by atoms with van der Waals surface area (Å²) in [5.74, 6) is -1.61. The molecule has 7 nitrogen and oxygen atoms in total. The maximum Gasteiger partial charge on any atom is 0.329 e. The molecule has 1 heterocycles. The van der Waals surface area contributed by atoms with Gasteiger partial charge in [-0.15, -0.1) is 0 Å². The van der Waals surface area contributed by atoms with E-state index in [0.717, 1.165) is 16.7 Å². The molecule has 0 spiro atoms. The van der Waals surface area contributed by atoms with Gasteiger partial charge >= 0.3 is 5.97 Å². The summed E-state index contributed by atoms with van der Waals surface area (Å²) in [4.78, 5) is 38.3. The highest BCUT2D eigenvalue weighted by Crippen LogP contribution is 2.18. The average molecular weight is 497 g/mol. The van der Waals surface area contributed by atoms with Crippen molar-refractivity contribution in [3.8, 4) is 0 Å². The zero-order valence-corrected chi connectivity index (χ0v) is 20.2. The number of carbonyl (C=O) groups is 3. The highest BCUT2D eigenvalue weighted by atomic mass is 16.5. The van der Waals surface area contributed by atoms with Crippen molar-refractivity contribution >= 4 is 17.8 Å². The van der Waals surface area contributed by atoms with E-state index in [1.54, 1.807) is 6.07 Å². The third-order valence-corrected chi connectivity index (χ3v) is 5.78. The Kier molecular flexibility index (Phi) is 8.86. The Morgan fingerprint density at radius 3 is 1.89 bits per heavy atom. The highest BCUT2D eigenvalue weighted by molar-refractivity contribution is 5.94. The largest absolute Gasteiger partial charge is 0.459 e. The van der Waals surface area contributed by atoms with Crippen molar-refractivity contribution in [2.24, 2.45) is 0 Å². The van der Waals surface area contributed by atoms with Gasteiger partial charge in [0.15, 0.2) is 12.4 Å². The van der Waals surface area contributed by atoms with E-state index in [-0.39, 0.29) is 18.2 Å². The van der Waals surface area contributed by atoms with Gasteiger partial charge in [0.1, 0.15) is 6.04 Å². The lowest BCUT2D eigenvalue weighted by Crippen LogP contribution is -2.44. The molecule has 188 valence electrons. The van der Waals surface area contributed by atoms with Crippen LogP contribution >= 0.6 is 0 Å². The molecule has 3 aromatic carbocycles. The van der Waals surface area contributed by atoms with Crippen LogP contribution in [0.1, 0.15) is 33.3 Å². The third kappa shape index (κ3) is 7.67. The highest BCUT2D eigenvalue weighted by Gasteiger charge is 2.25. The summed E-state index contributed by atoms with van der Waals surface area (Å²) in [6, 6.07) is 30.5. The SMILES string of the molecule is O=C(COC(=O)[C@H](Cc1ccccc1)NC(=O)c1ccco1)N[C@@H](Cc1ccccc1)c1ccccc1. The molecule has 4 aromatic rings. The van der Waals surface area contributed by atoms with Crippen LogP contribution in [0.3, 0.4) is 0 Å². The van der Waals surface area contributed by atoms with Gasteiger partial charge in [0.25, 0.3) is 11.8 Å². The number of nitrogens with one attached hydrogen (secondary N) is 2. The van der Waals surface area contributed by atoms with Crippen LogP contribution in [-0.2, 0) is 27.2 Å². The Bertz CT molecular complexity index is 1280. The van der Waals surface area contributed by atoms with Gasteiger partial charge in [-0.05, 0) is 35.2 Å². The van der Waals surface area contributed by atoms with Gasteiger partial charge in [-0.25, -0.2) is 4.79 Å². The van der Waals surface area contributed by atoms with E-state index in [1.165, 1.54) is 12.3 Å². The third-order valence-electron chi connectivity index (χ3n) is 5.78. The lowest BCUT2D eigenvalue weighted by Gasteiger charge is -2.21. The van der Waals surface area contributed by atoms with Gasteiger partial charge in [0.05, 0.1) is 12.3 Å². The quantitative estimate of drug-likeness (QED) is 0.302. The van der Waals surface area contributed by atoms with Crippen LogP contribution in [0, 0.1) is 0 Å². The summed E-state index contributed by atoms with van der Waals surface area (Å²) < 4.78 is 10.5. The summed E-state index contributed by atoms with van der Waals surface area (Å²) in [5.41, 5.74) is 2.84. The molecule has 0 bridgehead atoms. The smallest absolute Gasteiger partial charge is 0.329 e. The van der Waals surface area contributed by atoms with Crippen molar-refractivity contribution in [1.82, 2.24) is 10.6 Å². The fraction of sp³-hybridized carbons (Fsp3) is 0.167. The zero-order valence-electron chi connectivity index (χ0n) is 20.2. The first-order valence-corrected chi connectivity index (χ1v) is 12.0. The Balaban J connectivity index is 1.40. The molecule has 2 amide bonds. The van der Waals surface area contributed by atoms with Crippen molar-refractivity contribution in [1.29, 1.82) is 0 Å². The molecular formula is C30H28N2O5. The fourth-order valence-electron chi connectivity index (χ4n) is 3.94. The van der Waals surface area contributed by atoms with Crippen molar-refractivity contribution in [3.63, 3.8) is 0 Å². The molecule has 4 rings (SSSR count). The minimum Gasteiger partial charge on any atom is -0.459 e. The molecule has 2 atom stereocenters. The number of furan rings is 1. The Morgan fingerprint density at radius 1 is 0.703 bits per heavy atom. The van der Waals surface area contributed by atoms with Crippen LogP contribution < -0.4 is 10.6 Å². The molecule has 2 N–H and O–H groups in total. The van der Waals surface area contributed by atoms with Crippen molar-refractivity contribution in [3.05, 3.63) is 132 Å². The molecule has 0 saturated heterocycles. The second kappa shape index (κ2) is 12.9. The molecule has 0 fully saturated rings. The summed E-state index contributed by atoms with van der Waals surface area (Å²) >= 11 is 0. The van der Waals surface area contributed by atoms with Gasteiger partial charge < -0.3 is 19.8 Å². The van der Waals surface area contributed by atoms with E-state index in [9.17, 15) is 14.4 Å². The number of ether oxygens (including phenoxy) is 1. The minimum atomic E-state index is -0.998. The second-order valence-corrected chi connectivity index (χ2v) is 8.52. The number of benzene rings is 3. The summed E-state index contributed by atoms with van der Waals surface area (Å²) in [6.07, 6.45) is 2.16. The van der Waals surface area contributed by atoms with Crippen LogP contribution in [0.5, 0.6) is 0 Å². The monoisotopic (exact) mass is 496 g/mol. The standard InChI is InChI=1S/C30H28N2O5/c33-28(31-25(24-15-8-3-9-16-24)19-22-11-4-1-5-12-22)21-37-30(35)26(20-23-13-6-2-7-14-23)32-29(34)27-17-10-18-36-27/h1-18,25-26H,19-21H2,(H,31,33)(H,32,34)/t25-,26-/m0/s1. The van der Waals surface area contributed by atoms with E-state index in [2.05, 4.69) is 10.6 Å². The molecule has 0 aliphatic rings. The number of amides is 2. The van der Waals surface area contributed by atoms with E-state index in [0.29, 0.717) is 6.42 Å². The number of hydrogen-bond acceptors (Lipinski definition) is 5. The van der Waals surface area contributed by atoms with Gasteiger partial charge in [-0.3, -0.25) is 9.59 Å². The van der Waals surface area contributed by atoms with E-state index < -0.39 is 30.4 Å². The molecule has 0 radical (unpaired) electrons. The first-order chi connectivity index (χ1) is 18.1. The normalized spacial score (nSPS) is 12.2. The van der Waals surface area contributed by atoms with E-state index >= 15 is 0 Å². The predicted octanol–water partition coefficient (Wildman–Crippen LogP) is 4.26. The molecule has 0 saturated carbocycles. The molecule has 1 aromatic heterocycles. The molecule has 0 unspecified atom stereocenters. The fourth-order valence-corrected chi connectivity index (χ4v) is 3.94. The molecular weight excluding hydrogens is 468 g/mol. The second-order valence-electron chi connectivity index (χ2n) is 8.52. The number of esters is 1. The lowest BCUT2D eigenvalue weighted by molar-refractivity contribution is -0.150. The molecule has 0 aliphatic carbocycles. The van der Waals surface area contributed by atoms with Crippen LogP contribution in [0.4, 0.5) is 0 Å². The molecule has 37 heavy (non-hydrogen) atoms. The Morgan fingerprint density at radius 2 is 1.30 bits per heavy atom. The maximum absolute atomic E-state index is 13.0. The van der Waals surface area contributed by atoms with Crippen molar-refractivity contribution < 1.29 is 23.5 Å². The average Bonchev–Trinajstić information content (AvgIpc) is 3.48. The number of hydrogen-bond donors (Lipinski definition) is 2.